The van der Waals surface area contributed by atoms with Crippen molar-refractivity contribution in [3.8, 4) is 0 Å². The largest absolute Gasteiger partial charge is 0.381 e. The number of hydrogen-bond acceptors (Lipinski definition) is 5. The van der Waals surface area contributed by atoms with Gasteiger partial charge >= 0.3 is 0 Å². The third-order valence-corrected chi connectivity index (χ3v) is 4.58. The highest BCUT2D eigenvalue weighted by Crippen LogP contribution is 2.34. The van der Waals surface area contributed by atoms with Gasteiger partial charge in [0.25, 0.3) is 0 Å². The van der Waals surface area contributed by atoms with E-state index in [9.17, 15) is 0 Å². The molecule has 0 radical (unpaired) electrons. The minimum Gasteiger partial charge on any atom is -0.381 e. The van der Waals surface area contributed by atoms with Crippen LogP contribution in [0.4, 0.5) is 0 Å². The van der Waals surface area contributed by atoms with Gasteiger partial charge in [0.05, 0.1) is 19.3 Å². The predicted octanol–water partition coefficient (Wildman–Crippen LogP) is 1.49. The molecule has 1 saturated carbocycles. The zero-order valence-corrected chi connectivity index (χ0v) is 12.1. The smallest absolute Gasteiger partial charge is 0.115 e. The number of aromatic nitrogens is 2. The fourth-order valence-electron chi connectivity index (χ4n) is 3.58. The second-order valence-electron chi connectivity index (χ2n) is 5.73. The lowest BCUT2D eigenvalue weighted by molar-refractivity contribution is -0.0608. The third kappa shape index (κ3) is 3.00. The predicted molar refractivity (Wildman–Crippen MR) is 75.2 cm³/mol. The standard InChI is InChI=1S/C15H23N3O2/c1-19-15-4-2-3-13(15)14-10-20-6-5-18(14)9-12-7-16-11-17-8-12/h7-8,11,13-15H,2-6,9-10H2,1H3/t13-,14+,15-/m1/s1. The lowest BCUT2D eigenvalue weighted by Gasteiger charge is -2.40. The molecule has 0 spiro atoms. The molecular weight excluding hydrogens is 254 g/mol. The summed E-state index contributed by atoms with van der Waals surface area (Å²) >= 11 is 0. The van der Waals surface area contributed by atoms with Crippen LogP contribution in [0.1, 0.15) is 24.8 Å². The molecule has 20 heavy (non-hydrogen) atoms. The van der Waals surface area contributed by atoms with Gasteiger partial charge in [-0.05, 0) is 12.8 Å². The highest BCUT2D eigenvalue weighted by Gasteiger charge is 2.38. The highest BCUT2D eigenvalue weighted by atomic mass is 16.5. The summed E-state index contributed by atoms with van der Waals surface area (Å²) in [5.74, 6) is 0.588. The van der Waals surface area contributed by atoms with Crippen LogP contribution in [0, 0.1) is 5.92 Å². The van der Waals surface area contributed by atoms with E-state index in [0.717, 1.165) is 26.3 Å². The zero-order chi connectivity index (χ0) is 13.8. The van der Waals surface area contributed by atoms with Crippen molar-refractivity contribution >= 4 is 0 Å². The average molecular weight is 277 g/mol. The van der Waals surface area contributed by atoms with Gasteiger partial charge in [-0.2, -0.15) is 0 Å². The summed E-state index contributed by atoms with van der Waals surface area (Å²) < 4.78 is 11.4. The van der Waals surface area contributed by atoms with E-state index < -0.39 is 0 Å². The summed E-state index contributed by atoms with van der Waals surface area (Å²) in [4.78, 5) is 10.7. The minimum atomic E-state index is 0.385. The van der Waals surface area contributed by atoms with Crippen molar-refractivity contribution in [1.29, 1.82) is 0 Å². The van der Waals surface area contributed by atoms with Crippen LogP contribution in [0.25, 0.3) is 0 Å². The van der Waals surface area contributed by atoms with Crippen molar-refractivity contribution in [2.75, 3.05) is 26.9 Å². The number of methoxy groups -OCH3 is 1. The van der Waals surface area contributed by atoms with Crippen LogP contribution in [0.15, 0.2) is 18.7 Å². The summed E-state index contributed by atoms with van der Waals surface area (Å²) in [6.45, 7) is 3.51. The number of rotatable bonds is 4. The quantitative estimate of drug-likeness (QED) is 0.834. The van der Waals surface area contributed by atoms with Gasteiger partial charge in [-0.25, -0.2) is 9.97 Å². The Balaban J connectivity index is 1.70. The molecule has 0 N–H and O–H groups in total. The Labute approximate surface area is 120 Å². The molecule has 2 fully saturated rings. The second kappa shape index (κ2) is 6.61. The maximum Gasteiger partial charge on any atom is 0.115 e. The molecule has 1 aromatic rings. The molecule has 0 bridgehead atoms. The SMILES string of the molecule is CO[C@@H]1CCC[C@@H]1[C@@H]1COCCN1Cc1cncnc1. The van der Waals surface area contributed by atoms with Gasteiger partial charge < -0.3 is 9.47 Å². The molecule has 1 saturated heterocycles. The first kappa shape index (κ1) is 13.9. The monoisotopic (exact) mass is 277 g/mol. The van der Waals surface area contributed by atoms with Gasteiger partial charge in [-0.15, -0.1) is 0 Å². The summed E-state index contributed by atoms with van der Waals surface area (Å²) in [5.41, 5.74) is 1.17. The van der Waals surface area contributed by atoms with Crippen LogP contribution in [-0.4, -0.2) is 53.9 Å². The van der Waals surface area contributed by atoms with Crippen molar-refractivity contribution in [1.82, 2.24) is 14.9 Å². The number of nitrogens with zero attached hydrogens (tertiary/aromatic N) is 3. The van der Waals surface area contributed by atoms with Crippen molar-refractivity contribution < 1.29 is 9.47 Å². The van der Waals surface area contributed by atoms with Crippen LogP contribution in [-0.2, 0) is 16.0 Å². The first-order valence-electron chi connectivity index (χ1n) is 7.47. The van der Waals surface area contributed by atoms with Crippen LogP contribution in [0.3, 0.4) is 0 Å². The Morgan fingerprint density at radius 3 is 3.00 bits per heavy atom. The fraction of sp³-hybridized carbons (Fsp3) is 0.733. The van der Waals surface area contributed by atoms with Gasteiger partial charge in [-0.1, -0.05) is 6.42 Å². The Morgan fingerprint density at radius 1 is 1.35 bits per heavy atom. The summed E-state index contributed by atoms with van der Waals surface area (Å²) in [6.07, 6.45) is 9.47. The Kier molecular flexibility index (Phi) is 4.60. The topological polar surface area (TPSA) is 47.5 Å². The molecule has 5 heteroatoms. The van der Waals surface area contributed by atoms with E-state index in [-0.39, 0.29) is 0 Å². The molecule has 110 valence electrons. The van der Waals surface area contributed by atoms with E-state index in [1.165, 1.54) is 24.8 Å². The molecule has 1 aliphatic carbocycles. The molecule has 3 atom stereocenters. The Hall–Kier alpha value is -1.04. The minimum absolute atomic E-state index is 0.385. The van der Waals surface area contributed by atoms with Crippen molar-refractivity contribution in [3.63, 3.8) is 0 Å². The van der Waals surface area contributed by atoms with E-state index in [1.54, 1.807) is 6.33 Å². The normalized spacial score (nSPS) is 31.6. The molecule has 0 aromatic carbocycles. The third-order valence-electron chi connectivity index (χ3n) is 4.58. The van der Waals surface area contributed by atoms with Crippen LogP contribution in [0.2, 0.25) is 0 Å². The molecule has 2 heterocycles. The van der Waals surface area contributed by atoms with Crippen molar-refractivity contribution in [2.45, 2.75) is 38.0 Å². The molecule has 0 amide bonds. The van der Waals surface area contributed by atoms with Crippen LogP contribution < -0.4 is 0 Å². The molecule has 2 aliphatic rings. The van der Waals surface area contributed by atoms with Gasteiger partial charge in [-0.3, -0.25) is 4.90 Å². The average Bonchev–Trinajstić information content (AvgIpc) is 2.97. The number of hydrogen-bond donors (Lipinski definition) is 0. The molecule has 3 rings (SSSR count). The summed E-state index contributed by atoms with van der Waals surface area (Å²) in [7, 11) is 1.84. The van der Waals surface area contributed by atoms with Crippen LogP contribution >= 0.6 is 0 Å². The Bertz CT molecular complexity index is 415. The maximum atomic E-state index is 5.73. The molecule has 0 unspecified atom stereocenters. The first-order chi connectivity index (χ1) is 9.88. The van der Waals surface area contributed by atoms with E-state index in [4.69, 9.17) is 9.47 Å². The Morgan fingerprint density at radius 2 is 2.20 bits per heavy atom. The fourth-order valence-corrected chi connectivity index (χ4v) is 3.58. The van der Waals surface area contributed by atoms with E-state index in [1.807, 2.05) is 19.5 Å². The van der Waals surface area contributed by atoms with E-state index in [0.29, 0.717) is 18.1 Å². The van der Waals surface area contributed by atoms with Crippen molar-refractivity contribution in [3.05, 3.63) is 24.3 Å². The van der Waals surface area contributed by atoms with Gasteiger partial charge in [0, 0.05) is 50.1 Å². The lowest BCUT2D eigenvalue weighted by atomic mass is 9.94. The van der Waals surface area contributed by atoms with Gasteiger partial charge in [0.15, 0.2) is 0 Å². The van der Waals surface area contributed by atoms with Gasteiger partial charge in [0.1, 0.15) is 6.33 Å². The van der Waals surface area contributed by atoms with Crippen molar-refractivity contribution in [2.24, 2.45) is 5.92 Å². The zero-order valence-electron chi connectivity index (χ0n) is 12.1. The lowest BCUT2D eigenvalue weighted by Crippen LogP contribution is -2.50. The first-order valence-corrected chi connectivity index (χ1v) is 7.47. The molecule has 1 aromatic heterocycles. The van der Waals surface area contributed by atoms with E-state index >= 15 is 0 Å². The van der Waals surface area contributed by atoms with E-state index in [2.05, 4.69) is 14.9 Å². The number of ether oxygens (including phenoxy) is 2. The maximum absolute atomic E-state index is 5.73. The molecule has 1 aliphatic heterocycles. The highest BCUT2D eigenvalue weighted by molar-refractivity contribution is 5.03. The second-order valence-corrected chi connectivity index (χ2v) is 5.73. The molecule has 5 nitrogen and oxygen atoms in total. The van der Waals surface area contributed by atoms with Gasteiger partial charge in [0.2, 0.25) is 0 Å². The summed E-state index contributed by atoms with van der Waals surface area (Å²) in [5, 5.41) is 0. The summed E-state index contributed by atoms with van der Waals surface area (Å²) in [6, 6.07) is 0.455. The van der Waals surface area contributed by atoms with Crippen LogP contribution in [0.5, 0.6) is 0 Å². The molecular formula is C15H23N3O2. The number of morpholine rings is 1.